The normalized spacial score (nSPS) is 11.6. The predicted molar refractivity (Wildman–Crippen MR) is 92.9 cm³/mol. The minimum absolute atomic E-state index is 0.00664. The van der Waals surface area contributed by atoms with Crippen LogP contribution < -0.4 is 0 Å². The molecule has 1 N–H and O–H groups in total. The molecule has 0 unspecified atom stereocenters. The number of carbonyl (C=O) groups is 1. The lowest BCUT2D eigenvalue weighted by Gasteiger charge is -2.23. The van der Waals surface area contributed by atoms with E-state index >= 15 is 0 Å². The molecule has 0 aliphatic rings. The second kappa shape index (κ2) is 14.0. The molecule has 0 saturated heterocycles. The van der Waals surface area contributed by atoms with Gasteiger partial charge in [-0.3, -0.25) is 4.79 Å². The van der Waals surface area contributed by atoms with E-state index < -0.39 is 0 Å². The minimum Gasteiger partial charge on any atom is -0.463 e. The van der Waals surface area contributed by atoms with Crippen molar-refractivity contribution in [1.82, 2.24) is 0 Å². The van der Waals surface area contributed by atoms with Gasteiger partial charge in [0, 0.05) is 0 Å². The average Bonchev–Trinajstić information content (AvgIpc) is 2.46. The van der Waals surface area contributed by atoms with Gasteiger partial charge in [-0.15, -0.1) is 0 Å². The summed E-state index contributed by atoms with van der Waals surface area (Å²) < 4.78 is 4.94. The quantitative estimate of drug-likeness (QED) is 0.332. The molecule has 0 radical (unpaired) electrons. The van der Waals surface area contributed by atoms with Crippen LogP contribution >= 0.6 is 0 Å². The Bertz CT molecular complexity index is 261. The van der Waals surface area contributed by atoms with Crippen LogP contribution in [0.1, 0.15) is 97.8 Å². The lowest BCUT2D eigenvalue weighted by atomic mass is 9.83. The van der Waals surface area contributed by atoms with Gasteiger partial charge in [-0.1, -0.05) is 85.0 Å². The Morgan fingerprint density at radius 1 is 0.909 bits per heavy atom. The number of ether oxygens (including phenoxy) is 1. The number of hydrogen-bond acceptors (Lipinski definition) is 3. The zero-order valence-corrected chi connectivity index (χ0v) is 15.2. The van der Waals surface area contributed by atoms with Gasteiger partial charge >= 0.3 is 5.97 Å². The van der Waals surface area contributed by atoms with Gasteiger partial charge < -0.3 is 9.84 Å². The monoisotopic (exact) mass is 314 g/mol. The van der Waals surface area contributed by atoms with Crippen LogP contribution in [0.15, 0.2) is 0 Å². The SMILES string of the molecule is CCCCCCCCCCCCC(C)(C)CC(=O)OCCO. The van der Waals surface area contributed by atoms with Crippen LogP contribution in [0.2, 0.25) is 0 Å². The summed E-state index contributed by atoms with van der Waals surface area (Å²) in [4.78, 5) is 11.6. The smallest absolute Gasteiger partial charge is 0.306 e. The molecule has 0 aliphatic carbocycles. The fourth-order valence-electron chi connectivity index (χ4n) is 2.78. The van der Waals surface area contributed by atoms with Crippen molar-refractivity contribution in [2.45, 2.75) is 97.8 Å². The summed E-state index contributed by atoms with van der Waals surface area (Å²) in [6.07, 6.45) is 14.9. The number of unbranched alkanes of at least 4 members (excludes halogenated alkanes) is 9. The number of aliphatic hydroxyl groups excluding tert-OH is 1. The molecule has 3 heteroatoms. The standard InChI is InChI=1S/C19H38O3/c1-4-5-6-7-8-9-10-11-12-13-14-19(2,3)17-18(21)22-16-15-20/h20H,4-17H2,1-3H3. The van der Waals surface area contributed by atoms with Crippen molar-refractivity contribution in [1.29, 1.82) is 0 Å². The fourth-order valence-corrected chi connectivity index (χ4v) is 2.78. The van der Waals surface area contributed by atoms with E-state index in [1.807, 2.05) is 0 Å². The molecule has 0 spiro atoms. The Balaban J connectivity index is 3.46. The average molecular weight is 315 g/mol. The second-order valence-corrected chi connectivity index (χ2v) is 7.22. The Kier molecular flexibility index (Phi) is 13.7. The van der Waals surface area contributed by atoms with Crippen molar-refractivity contribution < 1.29 is 14.6 Å². The molecule has 0 aromatic rings. The molecule has 0 aromatic heterocycles. The van der Waals surface area contributed by atoms with Gasteiger partial charge in [-0.05, 0) is 11.8 Å². The van der Waals surface area contributed by atoms with Gasteiger partial charge in [0.25, 0.3) is 0 Å². The summed E-state index contributed by atoms with van der Waals surface area (Å²) in [5.41, 5.74) is 0.00664. The highest BCUT2D eigenvalue weighted by molar-refractivity contribution is 5.70. The van der Waals surface area contributed by atoms with Gasteiger partial charge in [0.1, 0.15) is 6.61 Å². The summed E-state index contributed by atoms with van der Waals surface area (Å²) in [5, 5.41) is 8.64. The molecular formula is C19H38O3. The first-order chi connectivity index (χ1) is 10.5. The van der Waals surface area contributed by atoms with Crippen LogP contribution in [0.4, 0.5) is 0 Å². The molecule has 22 heavy (non-hydrogen) atoms. The zero-order valence-electron chi connectivity index (χ0n) is 15.2. The van der Waals surface area contributed by atoms with Crippen molar-refractivity contribution in [2.24, 2.45) is 5.41 Å². The van der Waals surface area contributed by atoms with Crippen LogP contribution in [0.5, 0.6) is 0 Å². The molecular weight excluding hydrogens is 276 g/mol. The van der Waals surface area contributed by atoms with Crippen molar-refractivity contribution >= 4 is 5.97 Å². The van der Waals surface area contributed by atoms with Crippen LogP contribution in [0, 0.1) is 5.41 Å². The largest absolute Gasteiger partial charge is 0.463 e. The number of rotatable bonds is 15. The molecule has 0 atom stereocenters. The Labute approximate surface area is 137 Å². The Hall–Kier alpha value is -0.570. The fraction of sp³-hybridized carbons (Fsp3) is 0.947. The summed E-state index contributed by atoms with van der Waals surface area (Å²) >= 11 is 0. The number of carbonyl (C=O) groups excluding carboxylic acids is 1. The number of esters is 1. The molecule has 0 aromatic carbocycles. The van der Waals surface area contributed by atoms with Gasteiger partial charge in [0.05, 0.1) is 13.0 Å². The first-order valence-electron chi connectivity index (χ1n) is 9.28. The Morgan fingerprint density at radius 2 is 1.41 bits per heavy atom. The highest BCUT2D eigenvalue weighted by atomic mass is 16.5. The molecule has 0 saturated carbocycles. The lowest BCUT2D eigenvalue weighted by molar-refractivity contribution is -0.147. The summed E-state index contributed by atoms with van der Waals surface area (Å²) in [6, 6.07) is 0. The number of aliphatic hydroxyl groups is 1. The molecule has 0 bridgehead atoms. The van der Waals surface area contributed by atoms with E-state index in [0.717, 1.165) is 6.42 Å². The second-order valence-electron chi connectivity index (χ2n) is 7.22. The van der Waals surface area contributed by atoms with E-state index in [1.54, 1.807) is 0 Å². The van der Waals surface area contributed by atoms with Gasteiger partial charge in [-0.25, -0.2) is 0 Å². The third-order valence-electron chi connectivity index (χ3n) is 4.18. The lowest BCUT2D eigenvalue weighted by Crippen LogP contribution is -2.20. The molecule has 0 heterocycles. The van der Waals surface area contributed by atoms with Crippen molar-refractivity contribution in [2.75, 3.05) is 13.2 Å². The third kappa shape index (κ3) is 14.4. The third-order valence-corrected chi connectivity index (χ3v) is 4.18. The summed E-state index contributed by atoms with van der Waals surface area (Å²) in [7, 11) is 0. The molecule has 0 amide bonds. The van der Waals surface area contributed by atoms with E-state index in [-0.39, 0.29) is 24.6 Å². The zero-order chi connectivity index (χ0) is 16.7. The van der Waals surface area contributed by atoms with E-state index in [4.69, 9.17) is 9.84 Å². The van der Waals surface area contributed by atoms with Crippen molar-refractivity contribution in [3.63, 3.8) is 0 Å². The highest BCUT2D eigenvalue weighted by Crippen LogP contribution is 2.28. The van der Waals surface area contributed by atoms with Crippen LogP contribution in [-0.2, 0) is 9.53 Å². The maximum Gasteiger partial charge on any atom is 0.306 e. The first-order valence-corrected chi connectivity index (χ1v) is 9.28. The van der Waals surface area contributed by atoms with Gasteiger partial charge in [-0.2, -0.15) is 0 Å². The molecule has 132 valence electrons. The van der Waals surface area contributed by atoms with Gasteiger partial charge in [0.15, 0.2) is 0 Å². The van der Waals surface area contributed by atoms with Crippen molar-refractivity contribution in [3.05, 3.63) is 0 Å². The molecule has 0 rings (SSSR count). The van der Waals surface area contributed by atoms with Crippen LogP contribution in [0.25, 0.3) is 0 Å². The maximum atomic E-state index is 11.6. The number of hydrogen-bond donors (Lipinski definition) is 1. The van der Waals surface area contributed by atoms with E-state index in [2.05, 4.69) is 20.8 Å². The van der Waals surface area contributed by atoms with E-state index in [9.17, 15) is 4.79 Å². The summed E-state index contributed by atoms with van der Waals surface area (Å²) in [6.45, 7) is 6.54. The van der Waals surface area contributed by atoms with Crippen LogP contribution in [0.3, 0.4) is 0 Å². The van der Waals surface area contributed by atoms with Crippen molar-refractivity contribution in [3.8, 4) is 0 Å². The van der Waals surface area contributed by atoms with E-state index in [0.29, 0.717) is 6.42 Å². The predicted octanol–water partition coefficient (Wildman–Crippen LogP) is 5.25. The Morgan fingerprint density at radius 3 is 1.91 bits per heavy atom. The van der Waals surface area contributed by atoms with Crippen LogP contribution in [-0.4, -0.2) is 24.3 Å². The first kappa shape index (κ1) is 21.4. The maximum absolute atomic E-state index is 11.6. The minimum atomic E-state index is -0.189. The highest BCUT2D eigenvalue weighted by Gasteiger charge is 2.22. The summed E-state index contributed by atoms with van der Waals surface area (Å²) in [5.74, 6) is -0.189. The molecule has 0 aliphatic heterocycles. The molecule has 0 fully saturated rings. The molecule has 3 nitrogen and oxygen atoms in total. The van der Waals surface area contributed by atoms with E-state index in [1.165, 1.54) is 64.2 Å². The topological polar surface area (TPSA) is 46.5 Å². The van der Waals surface area contributed by atoms with Gasteiger partial charge in [0.2, 0.25) is 0 Å².